The molecule has 19 heavy (non-hydrogen) atoms. The molecule has 0 amide bonds. The molecule has 3 rings (SSSR count). The van der Waals surface area contributed by atoms with Gasteiger partial charge in [-0.1, -0.05) is 0 Å². The van der Waals surface area contributed by atoms with Crippen molar-refractivity contribution in [3.05, 3.63) is 39.7 Å². The number of nitrogens with two attached hydrogens (primary N) is 1. The molecular weight excluding hydrogens is 244 g/mol. The molecule has 1 aromatic heterocycles. The van der Waals surface area contributed by atoms with Crippen molar-refractivity contribution in [3.63, 3.8) is 0 Å². The molecule has 0 spiro atoms. The Morgan fingerprint density at radius 1 is 1.42 bits per heavy atom. The second-order valence-corrected chi connectivity index (χ2v) is 5.05. The average molecular weight is 258 g/mol. The Balaban J connectivity index is 2.49. The van der Waals surface area contributed by atoms with E-state index in [9.17, 15) is 9.59 Å². The molecular formula is C14H14N2O3. The summed E-state index contributed by atoms with van der Waals surface area (Å²) < 4.78 is 1.91. The summed E-state index contributed by atoms with van der Waals surface area (Å²) in [6, 6.07) is 3.67. The molecule has 1 saturated carbocycles. The number of pyridine rings is 1. The Hall–Kier alpha value is -2.30. The van der Waals surface area contributed by atoms with Crippen molar-refractivity contribution in [1.29, 1.82) is 0 Å². The zero-order valence-corrected chi connectivity index (χ0v) is 10.5. The SMILES string of the molecule is Cc1cc(N)cc2c(=O)c(C(=O)O)cn(C3CC3)c12. The Kier molecular flexibility index (Phi) is 2.38. The quantitative estimate of drug-likeness (QED) is 0.806. The first-order valence-electron chi connectivity index (χ1n) is 6.17. The van der Waals surface area contributed by atoms with Crippen LogP contribution >= 0.6 is 0 Å². The van der Waals surface area contributed by atoms with Crippen molar-refractivity contribution in [2.45, 2.75) is 25.8 Å². The summed E-state index contributed by atoms with van der Waals surface area (Å²) in [5, 5.41) is 9.54. The van der Waals surface area contributed by atoms with Crippen LogP contribution in [0.25, 0.3) is 10.9 Å². The number of benzene rings is 1. The van der Waals surface area contributed by atoms with Crippen LogP contribution in [0, 0.1) is 6.92 Å². The van der Waals surface area contributed by atoms with E-state index in [2.05, 4.69) is 0 Å². The summed E-state index contributed by atoms with van der Waals surface area (Å²) in [6.07, 6.45) is 3.50. The first-order chi connectivity index (χ1) is 8.99. The molecule has 5 heteroatoms. The molecule has 0 radical (unpaired) electrons. The van der Waals surface area contributed by atoms with Crippen LogP contribution in [0.15, 0.2) is 23.1 Å². The predicted molar refractivity (Wildman–Crippen MR) is 72.6 cm³/mol. The van der Waals surface area contributed by atoms with E-state index in [1.807, 2.05) is 11.5 Å². The van der Waals surface area contributed by atoms with E-state index in [1.165, 1.54) is 6.20 Å². The largest absolute Gasteiger partial charge is 0.477 e. The molecule has 0 bridgehead atoms. The molecule has 2 aromatic rings. The van der Waals surface area contributed by atoms with Crippen LogP contribution in [0.5, 0.6) is 0 Å². The number of hydrogen-bond acceptors (Lipinski definition) is 3. The fourth-order valence-electron chi connectivity index (χ4n) is 2.52. The lowest BCUT2D eigenvalue weighted by Crippen LogP contribution is -2.19. The zero-order chi connectivity index (χ0) is 13.7. The van der Waals surface area contributed by atoms with Gasteiger partial charge in [0.05, 0.1) is 5.52 Å². The van der Waals surface area contributed by atoms with Gasteiger partial charge < -0.3 is 15.4 Å². The maximum absolute atomic E-state index is 12.2. The molecule has 1 aliphatic rings. The summed E-state index contributed by atoms with van der Waals surface area (Å²) in [6.45, 7) is 1.89. The first-order valence-corrected chi connectivity index (χ1v) is 6.17. The maximum Gasteiger partial charge on any atom is 0.341 e. The fourth-order valence-corrected chi connectivity index (χ4v) is 2.52. The molecule has 1 heterocycles. The van der Waals surface area contributed by atoms with Crippen molar-refractivity contribution in [2.75, 3.05) is 5.73 Å². The number of carboxylic acid groups (broad SMARTS) is 1. The maximum atomic E-state index is 12.2. The van der Waals surface area contributed by atoms with Crippen LogP contribution in [-0.4, -0.2) is 15.6 Å². The third-order valence-electron chi connectivity index (χ3n) is 3.51. The summed E-state index contributed by atoms with van der Waals surface area (Å²) in [4.78, 5) is 23.4. The minimum atomic E-state index is -1.19. The van der Waals surface area contributed by atoms with Crippen molar-refractivity contribution < 1.29 is 9.90 Å². The molecule has 1 aliphatic carbocycles. The topological polar surface area (TPSA) is 85.3 Å². The number of aryl methyl sites for hydroxylation is 1. The number of nitrogens with zero attached hydrogens (tertiary/aromatic N) is 1. The van der Waals surface area contributed by atoms with Gasteiger partial charge in [0.25, 0.3) is 0 Å². The van der Waals surface area contributed by atoms with Gasteiger partial charge in [-0.15, -0.1) is 0 Å². The van der Waals surface area contributed by atoms with Crippen molar-refractivity contribution in [1.82, 2.24) is 4.57 Å². The van der Waals surface area contributed by atoms with E-state index in [-0.39, 0.29) is 5.56 Å². The Morgan fingerprint density at radius 2 is 2.11 bits per heavy atom. The predicted octanol–water partition coefficient (Wildman–Crippen LogP) is 1.93. The molecule has 5 nitrogen and oxygen atoms in total. The monoisotopic (exact) mass is 258 g/mol. The van der Waals surface area contributed by atoms with Crippen LogP contribution in [0.1, 0.15) is 34.8 Å². The third kappa shape index (κ3) is 1.78. The number of carbonyl (C=O) groups is 1. The first kappa shape index (κ1) is 11.8. The van der Waals surface area contributed by atoms with Crippen molar-refractivity contribution in [2.24, 2.45) is 0 Å². The molecule has 3 N–H and O–H groups in total. The summed E-state index contributed by atoms with van der Waals surface area (Å²) >= 11 is 0. The number of carboxylic acids is 1. The van der Waals surface area contributed by atoms with Crippen LogP contribution in [0.3, 0.4) is 0 Å². The number of aromatic nitrogens is 1. The molecule has 1 aromatic carbocycles. The molecule has 0 saturated heterocycles. The van der Waals surface area contributed by atoms with E-state index in [4.69, 9.17) is 10.8 Å². The van der Waals surface area contributed by atoms with Gasteiger partial charge in [0.15, 0.2) is 0 Å². The average Bonchev–Trinajstić information content (AvgIpc) is 3.13. The van der Waals surface area contributed by atoms with Crippen LogP contribution < -0.4 is 11.2 Å². The van der Waals surface area contributed by atoms with Gasteiger partial charge in [0.2, 0.25) is 5.43 Å². The Labute approximate surface area is 109 Å². The smallest absolute Gasteiger partial charge is 0.341 e. The second kappa shape index (κ2) is 3.85. The van der Waals surface area contributed by atoms with Gasteiger partial charge in [-0.2, -0.15) is 0 Å². The molecule has 0 aliphatic heterocycles. The van der Waals surface area contributed by atoms with Gasteiger partial charge in [0, 0.05) is 23.3 Å². The lowest BCUT2D eigenvalue weighted by Gasteiger charge is -2.14. The number of hydrogen-bond donors (Lipinski definition) is 2. The van der Waals surface area contributed by atoms with E-state index in [1.54, 1.807) is 12.1 Å². The Morgan fingerprint density at radius 3 is 2.68 bits per heavy atom. The Bertz CT molecular complexity index is 757. The molecule has 0 atom stereocenters. The highest BCUT2D eigenvalue weighted by Crippen LogP contribution is 2.37. The van der Waals surface area contributed by atoms with E-state index in [0.717, 1.165) is 23.9 Å². The normalized spacial score (nSPS) is 14.8. The minimum Gasteiger partial charge on any atom is -0.477 e. The highest BCUT2D eigenvalue weighted by molar-refractivity contribution is 5.94. The minimum absolute atomic E-state index is 0.190. The fraction of sp³-hybridized carbons (Fsp3) is 0.286. The highest BCUT2D eigenvalue weighted by Gasteiger charge is 2.27. The standard InChI is InChI=1S/C14H14N2O3/c1-7-4-8(15)5-10-12(7)16(9-2-3-9)6-11(13(10)17)14(18)19/h4-6,9H,2-3,15H2,1H3,(H,18,19). The summed E-state index contributed by atoms with van der Waals surface area (Å²) in [7, 11) is 0. The number of anilines is 1. The second-order valence-electron chi connectivity index (χ2n) is 5.05. The van der Waals surface area contributed by atoms with E-state index >= 15 is 0 Å². The number of aromatic carboxylic acids is 1. The van der Waals surface area contributed by atoms with Gasteiger partial charge in [0.1, 0.15) is 5.56 Å². The highest BCUT2D eigenvalue weighted by atomic mass is 16.4. The number of rotatable bonds is 2. The van der Waals surface area contributed by atoms with E-state index < -0.39 is 11.4 Å². The molecule has 0 unspecified atom stereocenters. The van der Waals surface area contributed by atoms with Gasteiger partial charge >= 0.3 is 5.97 Å². The number of nitrogen functional groups attached to an aromatic ring is 1. The van der Waals surface area contributed by atoms with Gasteiger partial charge in [-0.25, -0.2) is 4.79 Å². The lowest BCUT2D eigenvalue weighted by atomic mass is 10.1. The van der Waals surface area contributed by atoms with Crippen molar-refractivity contribution >= 4 is 22.6 Å². The lowest BCUT2D eigenvalue weighted by molar-refractivity contribution is 0.0695. The number of fused-ring (bicyclic) bond motifs is 1. The van der Waals surface area contributed by atoms with E-state index in [0.29, 0.717) is 17.1 Å². The van der Waals surface area contributed by atoms with Crippen molar-refractivity contribution in [3.8, 4) is 0 Å². The summed E-state index contributed by atoms with van der Waals surface area (Å²) in [5.74, 6) is -1.19. The van der Waals surface area contributed by atoms with Gasteiger partial charge in [-0.05, 0) is 37.5 Å². The molecule has 98 valence electrons. The zero-order valence-electron chi connectivity index (χ0n) is 10.5. The van der Waals surface area contributed by atoms with Crippen LogP contribution in [-0.2, 0) is 0 Å². The van der Waals surface area contributed by atoms with Crippen LogP contribution in [0.2, 0.25) is 0 Å². The molecule has 1 fully saturated rings. The van der Waals surface area contributed by atoms with Crippen LogP contribution in [0.4, 0.5) is 5.69 Å². The third-order valence-corrected chi connectivity index (χ3v) is 3.51. The summed E-state index contributed by atoms with van der Waals surface area (Å²) in [5.41, 5.74) is 7.29. The van der Waals surface area contributed by atoms with Gasteiger partial charge in [-0.3, -0.25) is 4.79 Å².